The average Bonchev–Trinajstić information content (AvgIpc) is 2.47. The van der Waals surface area contributed by atoms with Gasteiger partial charge in [0.1, 0.15) is 5.57 Å². The number of amides is 1. The van der Waals surface area contributed by atoms with Crippen molar-refractivity contribution < 1.29 is 9.59 Å². The van der Waals surface area contributed by atoms with Crippen LogP contribution in [0.5, 0.6) is 0 Å². The van der Waals surface area contributed by atoms with Crippen molar-refractivity contribution in [3.05, 3.63) is 41.6 Å². The third-order valence-corrected chi connectivity index (χ3v) is 3.35. The maximum atomic E-state index is 12.8. The number of hydrogen-bond donors (Lipinski definition) is 1. The molecule has 120 valence electrons. The minimum absolute atomic E-state index is 0.0881. The largest absolute Gasteiger partial charge is 0.401 e. The maximum absolute atomic E-state index is 12.8. The summed E-state index contributed by atoms with van der Waals surface area (Å²) in [6.07, 6.45) is 0.469. The summed E-state index contributed by atoms with van der Waals surface area (Å²) >= 11 is 0. The zero-order chi connectivity index (χ0) is 16.7. The van der Waals surface area contributed by atoms with Crippen LogP contribution < -0.4 is 10.6 Å². The molecule has 0 heterocycles. The third-order valence-electron chi connectivity index (χ3n) is 3.35. The number of benzene rings is 1. The number of para-hydroxylation sites is 1. The van der Waals surface area contributed by atoms with Gasteiger partial charge < -0.3 is 15.5 Å². The summed E-state index contributed by atoms with van der Waals surface area (Å²) in [5, 5.41) is 0. The highest BCUT2D eigenvalue weighted by atomic mass is 16.2. The molecule has 1 amide bonds. The molecule has 5 heteroatoms. The van der Waals surface area contributed by atoms with Gasteiger partial charge in [0, 0.05) is 24.5 Å². The summed E-state index contributed by atoms with van der Waals surface area (Å²) in [5.41, 5.74) is 7.08. The van der Waals surface area contributed by atoms with Gasteiger partial charge in [0.05, 0.1) is 0 Å². The summed E-state index contributed by atoms with van der Waals surface area (Å²) in [5.74, 6) is -0.630. The molecule has 2 N–H and O–H groups in total. The number of anilines is 1. The Balaban J connectivity index is 3.20. The van der Waals surface area contributed by atoms with Crippen molar-refractivity contribution in [3.63, 3.8) is 0 Å². The Morgan fingerprint density at radius 3 is 2.14 bits per heavy atom. The normalized spacial score (nSPS) is 12.0. The van der Waals surface area contributed by atoms with Crippen molar-refractivity contribution in [2.75, 3.05) is 32.1 Å². The molecular formula is C17H25N3O2. The van der Waals surface area contributed by atoms with E-state index in [4.69, 9.17) is 5.73 Å². The molecule has 0 unspecified atom stereocenters. The van der Waals surface area contributed by atoms with Gasteiger partial charge in [-0.3, -0.25) is 9.59 Å². The van der Waals surface area contributed by atoms with Crippen LogP contribution in [0.4, 0.5) is 5.69 Å². The van der Waals surface area contributed by atoms with Crippen LogP contribution in [0.15, 0.2) is 41.6 Å². The van der Waals surface area contributed by atoms with E-state index in [-0.39, 0.29) is 17.3 Å². The number of nitrogens with two attached hydrogens (primary N) is 1. The van der Waals surface area contributed by atoms with Gasteiger partial charge in [0.25, 0.3) is 5.91 Å². The number of carbonyl (C=O) groups excluding carboxylic acids is 2. The van der Waals surface area contributed by atoms with E-state index in [2.05, 4.69) is 0 Å². The van der Waals surface area contributed by atoms with E-state index >= 15 is 0 Å². The second-order valence-corrected chi connectivity index (χ2v) is 5.41. The highest BCUT2D eigenvalue weighted by Gasteiger charge is 2.25. The zero-order valence-electron chi connectivity index (χ0n) is 13.8. The number of hydrogen-bond acceptors (Lipinski definition) is 4. The van der Waals surface area contributed by atoms with Crippen LogP contribution >= 0.6 is 0 Å². The number of Topliss-reactive ketones (excluding diaryl/α,β-unsaturated/α-hetero) is 1. The molecule has 0 bridgehead atoms. The molecule has 0 aliphatic rings. The predicted molar refractivity (Wildman–Crippen MR) is 89.5 cm³/mol. The Hall–Kier alpha value is -2.14. The van der Waals surface area contributed by atoms with Crippen LogP contribution in [-0.4, -0.2) is 43.8 Å². The van der Waals surface area contributed by atoms with Gasteiger partial charge in [-0.2, -0.15) is 0 Å². The molecule has 22 heavy (non-hydrogen) atoms. The third kappa shape index (κ3) is 4.70. The first kappa shape index (κ1) is 17.9. The van der Waals surface area contributed by atoms with Crippen molar-refractivity contribution in [1.82, 2.24) is 4.90 Å². The van der Waals surface area contributed by atoms with Crippen LogP contribution in [0.1, 0.15) is 20.3 Å². The van der Waals surface area contributed by atoms with Crippen molar-refractivity contribution in [3.8, 4) is 0 Å². The maximum Gasteiger partial charge on any atom is 0.263 e. The molecule has 1 aromatic carbocycles. The lowest BCUT2D eigenvalue weighted by Crippen LogP contribution is -2.39. The number of ketones is 1. The van der Waals surface area contributed by atoms with E-state index in [1.807, 2.05) is 56.3 Å². The first-order valence-electron chi connectivity index (χ1n) is 7.39. The van der Waals surface area contributed by atoms with Gasteiger partial charge in [0.2, 0.25) is 0 Å². The number of rotatable bonds is 7. The van der Waals surface area contributed by atoms with Crippen molar-refractivity contribution in [1.29, 1.82) is 0 Å². The molecule has 0 saturated carbocycles. The Labute approximate surface area is 132 Å². The highest BCUT2D eigenvalue weighted by molar-refractivity contribution is 6.24. The second-order valence-electron chi connectivity index (χ2n) is 5.41. The van der Waals surface area contributed by atoms with Crippen LogP contribution in [-0.2, 0) is 9.59 Å². The molecule has 0 aliphatic carbocycles. The summed E-state index contributed by atoms with van der Waals surface area (Å²) < 4.78 is 0. The van der Waals surface area contributed by atoms with E-state index < -0.39 is 0 Å². The predicted octanol–water partition coefficient (Wildman–Crippen LogP) is 1.79. The number of carbonyl (C=O) groups is 2. The smallest absolute Gasteiger partial charge is 0.263 e. The number of allylic oxidation sites excluding steroid dienone is 1. The lowest BCUT2D eigenvalue weighted by molar-refractivity contribution is -0.120. The van der Waals surface area contributed by atoms with Crippen LogP contribution in [0, 0.1) is 0 Å². The topological polar surface area (TPSA) is 66.6 Å². The van der Waals surface area contributed by atoms with Crippen LogP contribution in [0.25, 0.3) is 0 Å². The molecular weight excluding hydrogens is 278 g/mol. The van der Waals surface area contributed by atoms with Gasteiger partial charge in [-0.15, -0.1) is 0 Å². The zero-order valence-corrected chi connectivity index (χ0v) is 13.8. The minimum atomic E-state index is -0.333. The Bertz CT molecular complexity index is 550. The van der Waals surface area contributed by atoms with Gasteiger partial charge in [0.15, 0.2) is 5.78 Å². The fourth-order valence-corrected chi connectivity index (χ4v) is 2.08. The van der Waals surface area contributed by atoms with E-state index in [0.29, 0.717) is 25.2 Å². The Kier molecular flexibility index (Phi) is 6.79. The average molecular weight is 303 g/mol. The highest BCUT2D eigenvalue weighted by Crippen LogP contribution is 2.18. The lowest BCUT2D eigenvalue weighted by Gasteiger charge is -2.25. The number of likely N-dealkylation sites (N-methyl/N-ethyl adjacent to an activating group) is 1. The standard InChI is InChI=1S/C17H25N3O2/c1-5-15(18)16(13(2)21)17(22)20(12-11-19(3)4)14-9-7-6-8-10-14/h6-10H,5,11-12,18H2,1-4H3/b16-15-. The lowest BCUT2D eigenvalue weighted by atomic mass is 10.1. The molecule has 0 aromatic heterocycles. The fourth-order valence-electron chi connectivity index (χ4n) is 2.08. The summed E-state index contributed by atoms with van der Waals surface area (Å²) in [7, 11) is 3.88. The molecule has 0 spiro atoms. The van der Waals surface area contributed by atoms with Crippen molar-refractivity contribution >= 4 is 17.4 Å². The van der Waals surface area contributed by atoms with Crippen molar-refractivity contribution in [2.45, 2.75) is 20.3 Å². The Morgan fingerprint density at radius 1 is 1.09 bits per heavy atom. The van der Waals surface area contributed by atoms with Gasteiger partial charge in [-0.25, -0.2) is 0 Å². The quantitative estimate of drug-likeness (QED) is 0.474. The fraction of sp³-hybridized carbons (Fsp3) is 0.412. The molecule has 1 aromatic rings. The van der Waals surface area contributed by atoms with E-state index in [9.17, 15) is 9.59 Å². The molecule has 0 fully saturated rings. The molecule has 5 nitrogen and oxygen atoms in total. The molecule has 0 saturated heterocycles. The monoisotopic (exact) mass is 303 g/mol. The molecule has 1 rings (SSSR count). The first-order chi connectivity index (χ1) is 10.4. The van der Waals surface area contributed by atoms with Gasteiger partial charge >= 0.3 is 0 Å². The SMILES string of the molecule is CC/C(N)=C(\C(C)=O)C(=O)N(CCN(C)C)c1ccccc1. The van der Waals surface area contributed by atoms with E-state index in [1.165, 1.54) is 6.92 Å². The first-order valence-corrected chi connectivity index (χ1v) is 7.39. The minimum Gasteiger partial charge on any atom is -0.401 e. The van der Waals surface area contributed by atoms with Crippen LogP contribution in [0.3, 0.4) is 0 Å². The van der Waals surface area contributed by atoms with Gasteiger partial charge in [-0.05, 0) is 39.6 Å². The molecule has 0 radical (unpaired) electrons. The summed E-state index contributed by atoms with van der Waals surface area (Å²) in [6.45, 7) is 4.39. The second kappa shape index (κ2) is 8.34. The molecule has 0 aliphatic heterocycles. The molecule has 0 atom stereocenters. The van der Waals surface area contributed by atoms with Gasteiger partial charge in [-0.1, -0.05) is 25.1 Å². The van der Waals surface area contributed by atoms with E-state index in [1.54, 1.807) is 4.90 Å². The van der Waals surface area contributed by atoms with Crippen LogP contribution in [0.2, 0.25) is 0 Å². The van der Waals surface area contributed by atoms with Crippen molar-refractivity contribution in [2.24, 2.45) is 5.73 Å². The summed E-state index contributed by atoms with van der Waals surface area (Å²) in [4.78, 5) is 28.3. The summed E-state index contributed by atoms with van der Waals surface area (Å²) in [6, 6.07) is 9.33. The van der Waals surface area contributed by atoms with E-state index in [0.717, 1.165) is 5.69 Å². The Morgan fingerprint density at radius 2 is 1.68 bits per heavy atom. The number of nitrogens with zero attached hydrogens (tertiary/aromatic N) is 2.